The predicted molar refractivity (Wildman–Crippen MR) is 99.8 cm³/mol. The minimum absolute atomic E-state index is 0.0290. The van der Waals surface area contributed by atoms with Crippen molar-refractivity contribution in [2.24, 2.45) is 5.92 Å². The van der Waals surface area contributed by atoms with E-state index in [1.807, 2.05) is 4.90 Å². The number of carbonyl (C=O) groups is 1. The van der Waals surface area contributed by atoms with Crippen molar-refractivity contribution in [2.45, 2.75) is 17.7 Å². The molecule has 0 spiro atoms. The highest BCUT2D eigenvalue weighted by molar-refractivity contribution is 7.89. The van der Waals surface area contributed by atoms with Gasteiger partial charge >= 0.3 is 0 Å². The van der Waals surface area contributed by atoms with E-state index >= 15 is 0 Å². The zero-order chi connectivity index (χ0) is 18.6. The average molecular weight is 375 g/mol. The molecule has 0 radical (unpaired) electrons. The maximum absolute atomic E-state index is 12.7. The van der Waals surface area contributed by atoms with Crippen molar-refractivity contribution < 1.29 is 13.2 Å². The minimum Gasteiger partial charge on any atom is -0.340 e. The summed E-state index contributed by atoms with van der Waals surface area (Å²) >= 11 is 0. The minimum atomic E-state index is -3.48. The van der Waals surface area contributed by atoms with Gasteiger partial charge in [0, 0.05) is 32.1 Å². The first-order valence-corrected chi connectivity index (χ1v) is 10.5. The maximum Gasteiger partial charge on any atom is 0.243 e. The van der Waals surface area contributed by atoms with Crippen LogP contribution in [0.15, 0.2) is 35.2 Å². The van der Waals surface area contributed by atoms with E-state index in [-0.39, 0.29) is 11.8 Å². The highest BCUT2D eigenvalue weighted by Gasteiger charge is 2.33. The van der Waals surface area contributed by atoms with Crippen molar-refractivity contribution in [3.63, 3.8) is 0 Å². The molecule has 1 aromatic rings. The first-order chi connectivity index (χ1) is 12.5. The summed E-state index contributed by atoms with van der Waals surface area (Å²) in [7, 11) is -3.48. The standard InChI is InChI=1S/C19H25N3O3S/c1-2-10-20-11-8-17(9-12-20)19(23)21-13-15-22(16-14-21)26(24,25)18-6-4-3-5-7-18/h1,3-7,17H,8-16H2. The largest absolute Gasteiger partial charge is 0.340 e. The van der Waals surface area contributed by atoms with Crippen LogP contribution in [0.25, 0.3) is 0 Å². The Labute approximate surface area is 155 Å². The summed E-state index contributed by atoms with van der Waals surface area (Å²) in [5, 5.41) is 0. The zero-order valence-electron chi connectivity index (χ0n) is 14.9. The lowest BCUT2D eigenvalue weighted by Crippen LogP contribution is -2.52. The smallest absolute Gasteiger partial charge is 0.243 e. The molecular formula is C19H25N3O3S. The van der Waals surface area contributed by atoms with E-state index in [2.05, 4.69) is 10.8 Å². The average Bonchev–Trinajstić information content (AvgIpc) is 2.69. The van der Waals surface area contributed by atoms with Gasteiger partial charge in [-0.15, -0.1) is 6.42 Å². The molecular weight excluding hydrogens is 350 g/mol. The van der Waals surface area contributed by atoms with Crippen molar-refractivity contribution in [1.82, 2.24) is 14.1 Å². The van der Waals surface area contributed by atoms with Crippen LogP contribution in [0.1, 0.15) is 12.8 Å². The van der Waals surface area contributed by atoms with Crippen molar-refractivity contribution in [1.29, 1.82) is 0 Å². The summed E-state index contributed by atoms with van der Waals surface area (Å²) in [4.78, 5) is 17.1. The van der Waals surface area contributed by atoms with Gasteiger partial charge in [0.2, 0.25) is 15.9 Å². The van der Waals surface area contributed by atoms with Gasteiger partial charge in [-0.2, -0.15) is 4.31 Å². The first kappa shape index (κ1) is 18.9. The van der Waals surface area contributed by atoms with Crippen LogP contribution in [-0.2, 0) is 14.8 Å². The molecule has 6 nitrogen and oxygen atoms in total. The van der Waals surface area contributed by atoms with Gasteiger partial charge in [-0.05, 0) is 38.1 Å². The molecule has 1 aromatic carbocycles. The summed E-state index contributed by atoms with van der Waals surface area (Å²) in [6, 6.07) is 8.45. The third-order valence-corrected chi connectivity index (χ3v) is 7.10. The topological polar surface area (TPSA) is 60.9 Å². The predicted octanol–water partition coefficient (Wildman–Crippen LogP) is 0.865. The van der Waals surface area contributed by atoms with Crippen molar-refractivity contribution in [2.75, 3.05) is 45.8 Å². The van der Waals surface area contributed by atoms with E-state index in [4.69, 9.17) is 6.42 Å². The van der Waals surface area contributed by atoms with Crippen molar-refractivity contribution in [3.05, 3.63) is 30.3 Å². The van der Waals surface area contributed by atoms with Gasteiger partial charge in [-0.25, -0.2) is 8.42 Å². The lowest BCUT2D eigenvalue weighted by atomic mass is 9.95. The van der Waals surface area contributed by atoms with Gasteiger partial charge in [0.15, 0.2) is 0 Å². The number of hydrogen-bond donors (Lipinski definition) is 0. The number of benzene rings is 1. The van der Waals surface area contributed by atoms with Gasteiger partial charge in [0.05, 0.1) is 11.4 Å². The van der Waals surface area contributed by atoms with E-state index in [0.717, 1.165) is 25.9 Å². The van der Waals surface area contributed by atoms with Crippen LogP contribution < -0.4 is 0 Å². The molecule has 0 aromatic heterocycles. The summed E-state index contributed by atoms with van der Waals surface area (Å²) in [5.41, 5.74) is 0. The molecule has 26 heavy (non-hydrogen) atoms. The van der Waals surface area contributed by atoms with E-state index < -0.39 is 10.0 Å². The number of terminal acetylenes is 1. The number of nitrogens with zero attached hydrogens (tertiary/aromatic N) is 3. The van der Waals surface area contributed by atoms with Crippen LogP contribution in [0.3, 0.4) is 0 Å². The van der Waals surface area contributed by atoms with Crippen LogP contribution in [-0.4, -0.2) is 74.2 Å². The molecule has 0 saturated carbocycles. The van der Waals surface area contributed by atoms with Crippen molar-refractivity contribution in [3.8, 4) is 12.3 Å². The molecule has 7 heteroatoms. The summed E-state index contributed by atoms with van der Waals surface area (Å²) in [6.45, 7) is 3.94. The van der Waals surface area contributed by atoms with E-state index in [9.17, 15) is 13.2 Å². The van der Waals surface area contributed by atoms with Crippen LogP contribution in [0, 0.1) is 18.3 Å². The van der Waals surface area contributed by atoms with Crippen molar-refractivity contribution >= 4 is 15.9 Å². The third-order valence-electron chi connectivity index (χ3n) is 5.18. The van der Waals surface area contributed by atoms with Gasteiger partial charge in [0.1, 0.15) is 0 Å². The van der Waals surface area contributed by atoms with E-state index in [1.165, 1.54) is 4.31 Å². The molecule has 0 aliphatic carbocycles. The fraction of sp³-hybridized carbons (Fsp3) is 0.526. The molecule has 140 valence electrons. The number of piperidine rings is 1. The Kier molecular flexibility index (Phi) is 5.97. The maximum atomic E-state index is 12.7. The number of rotatable bonds is 4. The molecule has 2 heterocycles. The van der Waals surface area contributed by atoms with Crippen LogP contribution in [0.5, 0.6) is 0 Å². The lowest BCUT2D eigenvalue weighted by Gasteiger charge is -2.37. The Morgan fingerprint density at radius 1 is 1.04 bits per heavy atom. The van der Waals surface area contributed by atoms with Gasteiger partial charge in [-0.3, -0.25) is 9.69 Å². The molecule has 2 fully saturated rings. The lowest BCUT2D eigenvalue weighted by molar-refractivity contribution is -0.138. The van der Waals surface area contributed by atoms with Crippen LogP contribution >= 0.6 is 0 Å². The zero-order valence-corrected chi connectivity index (χ0v) is 15.7. The fourth-order valence-corrected chi connectivity index (χ4v) is 5.06. The normalized spacial score (nSPS) is 20.7. The highest BCUT2D eigenvalue weighted by atomic mass is 32.2. The Morgan fingerprint density at radius 3 is 2.23 bits per heavy atom. The van der Waals surface area contributed by atoms with Crippen LogP contribution in [0.4, 0.5) is 0 Å². The Bertz CT molecular complexity index is 757. The molecule has 0 N–H and O–H groups in total. The SMILES string of the molecule is C#CCN1CCC(C(=O)N2CCN(S(=O)(=O)c3ccccc3)CC2)CC1. The summed E-state index contributed by atoms with van der Waals surface area (Å²) in [6.07, 6.45) is 6.99. The molecule has 0 atom stereocenters. The molecule has 2 saturated heterocycles. The number of sulfonamides is 1. The first-order valence-electron chi connectivity index (χ1n) is 9.02. The fourth-order valence-electron chi connectivity index (χ4n) is 3.62. The number of carbonyl (C=O) groups excluding carboxylic acids is 1. The molecule has 1 amide bonds. The second-order valence-corrected chi connectivity index (χ2v) is 8.73. The summed E-state index contributed by atoms with van der Waals surface area (Å²) in [5.74, 6) is 2.83. The number of likely N-dealkylation sites (tertiary alicyclic amines) is 1. The molecule has 0 bridgehead atoms. The number of hydrogen-bond acceptors (Lipinski definition) is 4. The quantitative estimate of drug-likeness (QED) is 0.733. The van der Waals surface area contributed by atoms with Crippen LogP contribution in [0.2, 0.25) is 0 Å². The number of piperazine rings is 1. The van der Waals surface area contributed by atoms with Gasteiger partial charge in [0.25, 0.3) is 0 Å². The molecule has 0 unspecified atom stereocenters. The Hall–Kier alpha value is -1.88. The highest BCUT2D eigenvalue weighted by Crippen LogP contribution is 2.22. The Balaban J connectivity index is 1.54. The second kappa shape index (κ2) is 8.21. The third kappa shape index (κ3) is 4.09. The molecule has 2 aliphatic heterocycles. The van der Waals surface area contributed by atoms with E-state index in [0.29, 0.717) is 37.6 Å². The molecule has 3 rings (SSSR count). The van der Waals surface area contributed by atoms with Gasteiger partial charge < -0.3 is 4.90 Å². The summed E-state index contributed by atoms with van der Waals surface area (Å²) < 4.78 is 26.8. The Morgan fingerprint density at radius 2 is 1.65 bits per heavy atom. The monoisotopic (exact) mass is 375 g/mol. The second-order valence-electron chi connectivity index (χ2n) is 6.80. The van der Waals surface area contributed by atoms with Gasteiger partial charge in [-0.1, -0.05) is 24.1 Å². The van der Waals surface area contributed by atoms with E-state index in [1.54, 1.807) is 30.3 Å². The molecule has 2 aliphatic rings. The number of amides is 1.